The number of amides is 3. The molecule has 2 aromatic carbocycles. The number of anilines is 1. The van der Waals surface area contributed by atoms with Crippen molar-refractivity contribution in [1.29, 1.82) is 0 Å². The standard InChI is InChI=1S/C19H19F2N3O2/c20-14-7-5-13(6-8-14)9-10-24-12-15(11-18(24)25)22-19(26)23-17-4-2-1-3-16(17)21/h1-8,15H,9-12H2,(H2,22,23,26)/t15-/m1/s1. The van der Waals surface area contributed by atoms with Gasteiger partial charge in [-0.05, 0) is 36.2 Å². The van der Waals surface area contributed by atoms with E-state index in [1.54, 1.807) is 23.1 Å². The molecule has 5 nitrogen and oxygen atoms in total. The molecule has 0 saturated carbocycles. The first kappa shape index (κ1) is 17.8. The molecule has 26 heavy (non-hydrogen) atoms. The average Bonchev–Trinajstić information content (AvgIpc) is 2.95. The summed E-state index contributed by atoms with van der Waals surface area (Å²) < 4.78 is 26.5. The summed E-state index contributed by atoms with van der Waals surface area (Å²) >= 11 is 0. The van der Waals surface area contributed by atoms with Gasteiger partial charge < -0.3 is 15.5 Å². The highest BCUT2D eigenvalue weighted by Gasteiger charge is 2.30. The minimum Gasteiger partial charge on any atom is -0.340 e. The van der Waals surface area contributed by atoms with Crippen LogP contribution in [0.2, 0.25) is 0 Å². The van der Waals surface area contributed by atoms with Crippen molar-refractivity contribution in [3.8, 4) is 0 Å². The summed E-state index contributed by atoms with van der Waals surface area (Å²) in [5.41, 5.74) is 1.02. The summed E-state index contributed by atoms with van der Waals surface area (Å²) in [4.78, 5) is 25.7. The Morgan fingerprint density at radius 1 is 1.12 bits per heavy atom. The summed E-state index contributed by atoms with van der Waals surface area (Å²) in [5.74, 6) is -0.870. The molecule has 1 saturated heterocycles. The molecule has 1 heterocycles. The zero-order valence-corrected chi connectivity index (χ0v) is 14.0. The van der Waals surface area contributed by atoms with Crippen molar-refractivity contribution in [2.75, 3.05) is 18.4 Å². The SMILES string of the molecule is O=C(Nc1ccccc1F)N[C@@H]1CC(=O)N(CCc2ccc(F)cc2)C1. The maximum atomic E-state index is 13.5. The van der Waals surface area contributed by atoms with Gasteiger partial charge in [-0.1, -0.05) is 24.3 Å². The largest absolute Gasteiger partial charge is 0.340 e. The number of halogens is 2. The number of para-hydroxylation sites is 1. The molecule has 1 aliphatic heterocycles. The lowest BCUT2D eigenvalue weighted by Gasteiger charge is -2.17. The second kappa shape index (κ2) is 7.95. The van der Waals surface area contributed by atoms with Crippen molar-refractivity contribution in [3.63, 3.8) is 0 Å². The predicted molar refractivity (Wildman–Crippen MR) is 93.6 cm³/mol. The molecule has 0 bridgehead atoms. The van der Waals surface area contributed by atoms with E-state index in [2.05, 4.69) is 10.6 Å². The van der Waals surface area contributed by atoms with Gasteiger partial charge in [0.1, 0.15) is 11.6 Å². The number of rotatable bonds is 5. The summed E-state index contributed by atoms with van der Waals surface area (Å²) in [6, 6.07) is 11.1. The number of carbonyl (C=O) groups is 2. The van der Waals surface area contributed by atoms with Crippen molar-refractivity contribution < 1.29 is 18.4 Å². The molecule has 3 rings (SSSR count). The van der Waals surface area contributed by atoms with Gasteiger partial charge in [0.05, 0.1) is 11.7 Å². The molecule has 0 unspecified atom stereocenters. The van der Waals surface area contributed by atoms with Crippen LogP contribution in [0.25, 0.3) is 0 Å². The first-order valence-corrected chi connectivity index (χ1v) is 8.35. The van der Waals surface area contributed by atoms with Gasteiger partial charge in [-0.15, -0.1) is 0 Å². The minimum atomic E-state index is -0.548. The second-order valence-electron chi connectivity index (χ2n) is 6.20. The number of benzene rings is 2. The van der Waals surface area contributed by atoms with E-state index < -0.39 is 11.8 Å². The van der Waals surface area contributed by atoms with E-state index in [0.29, 0.717) is 19.5 Å². The Labute approximate surface area is 150 Å². The third-order valence-corrected chi connectivity index (χ3v) is 4.26. The van der Waals surface area contributed by atoms with Crippen molar-refractivity contribution in [2.45, 2.75) is 18.9 Å². The molecule has 1 aliphatic rings. The van der Waals surface area contributed by atoms with Crippen LogP contribution in [-0.2, 0) is 11.2 Å². The zero-order chi connectivity index (χ0) is 18.5. The Morgan fingerprint density at radius 3 is 2.58 bits per heavy atom. The van der Waals surface area contributed by atoms with Crippen LogP contribution in [0.4, 0.5) is 19.3 Å². The second-order valence-corrected chi connectivity index (χ2v) is 6.20. The van der Waals surface area contributed by atoms with Crippen LogP contribution in [0.15, 0.2) is 48.5 Å². The van der Waals surface area contributed by atoms with Gasteiger partial charge in [0, 0.05) is 19.5 Å². The fourth-order valence-corrected chi connectivity index (χ4v) is 2.91. The first-order chi connectivity index (χ1) is 12.5. The van der Waals surface area contributed by atoms with E-state index >= 15 is 0 Å². The average molecular weight is 359 g/mol. The molecule has 0 aromatic heterocycles. The van der Waals surface area contributed by atoms with Gasteiger partial charge in [0.15, 0.2) is 0 Å². The molecule has 1 atom stereocenters. The Kier molecular flexibility index (Phi) is 5.46. The van der Waals surface area contributed by atoms with Crippen LogP contribution in [0, 0.1) is 11.6 Å². The third-order valence-electron chi connectivity index (χ3n) is 4.26. The Bertz CT molecular complexity index is 796. The molecule has 0 aliphatic carbocycles. The van der Waals surface area contributed by atoms with E-state index in [1.807, 2.05) is 0 Å². The normalized spacial score (nSPS) is 16.6. The molecular weight excluding hydrogens is 340 g/mol. The first-order valence-electron chi connectivity index (χ1n) is 8.35. The van der Waals surface area contributed by atoms with Crippen molar-refractivity contribution in [2.24, 2.45) is 0 Å². The van der Waals surface area contributed by atoms with Crippen LogP contribution in [0.5, 0.6) is 0 Å². The van der Waals surface area contributed by atoms with Crippen LogP contribution in [0.1, 0.15) is 12.0 Å². The lowest BCUT2D eigenvalue weighted by molar-refractivity contribution is -0.127. The lowest BCUT2D eigenvalue weighted by atomic mass is 10.1. The van der Waals surface area contributed by atoms with Gasteiger partial charge >= 0.3 is 6.03 Å². The predicted octanol–water partition coefficient (Wildman–Crippen LogP) is 2.93. The van der Waals surface area contributed by atoms with Gasteiger partial charge in [-0.3, -0.25) is 4.79 Å². The quantitative estimate of drug-likeness (QED) is 0.862. The molecule has 3 amide bonds. The third kappa shape index (κ3) is 4.56. The van der Waals surface area contributed by atoms with Gasteiger partial charge in [0.25, 0.3) is 0 Å². The molecule has 0 radical (unpaired) electrons. The molecule has 136 valence electrons. The Morgan fingerprint density at radius 2 is 1.85 bits per heavy atom. The van der Waals surface area contributed by atoms with Crippen LogP contribution in [0.3, 0.4) is 0 Å². The van der Waals surface area contributed by atoms with Gasteiger partial charge in [0.2, 0.25) is 5.91 Å². The van der Waals surface area contributed by atoms with E-state index in [9.17, 15) is 18.4 Å². The highest BCUT2D eigenvalue weighted by Crippen LogP contribution is 2.15. The molecule has 2 aromatic rings. The fraction of sp³-hybridized carbons (Fsp3) is 0.263. The summed E-state index contributed by atoms with van der Waals surface area (Å²) in [5, 5.41) is 5.13. The number of likely N-dealkylation sites (tertiary alicyclic amines) is 1. The van der Waals surface area contributed by atoms with Gasteiger partial charge in [-0.25, -0.2) is 13.6 Å². The summed E-state index contributed by atoms with van der Waals surface area (Å²) in [6.07, 6.45) is 0.814. The Hall–Kier alpha value is -2.96. The molecular formula is C19H19F2N3O2. The maximum absolute atomic E-state index is 13.5. The molecule has 1 fully saturated rings. The highest BCUT2D eigenvalue weighted by molar-refractivity contribution is 5.90. The summed E-state index contributed by atoms with van der Waals surface area (Å²) in [7, 11) is 0. The number of carbonyl (C=O) groups excluding carboxylic acids is 2. The Balaban J connectivity index is 1.48. The molecule has 0 spiro atoms. The molecule has 7 heteroatoms. The number of urea groups is 1. The van der Waals surface area contributed by atoms with E-state index in [-0.39, 0.29) is 29.9 Å². The van der Waals surface area contributed by atoms with E-state index in [4.69, 9.17) is 0 Å². The van der Waals surface area contributed by atoms with Crippen molar-refractivity contribution in [1.82, 2.24) is 10.2 Å². The van der Waals surface area contributed by atoms with Crippen LogP contribution < -0.4 is 10.6 Å². The number of nitrogens with zero attached hydrogens (tertiary/aromatic N) is 1. The van der Waals surface area contributed by atoms with Crippen molar-refractivity contribution in [3.05, 3.63) is 65.7 Å². The number of nitrogens with one attached hydrogen (secondary N) is 2. The lowest BCUT2D eigenvalue weighted by Crippen LogP contribution is -2.40. The topological polar surface area (TPSA) is 61.4 Å². The van der Waals surface area contributed by atoms with Gasteiger partial charge in [-0.2, -0.15) is 0 Å². The van der Waals surface area contributed by atoms with E-state index in [0.717, 1.165) is 5.56 Å². The monoisotopic (exact) mass is 359 g/mol. The number of hydrogen-bond donors (Lipinski definition) is 2. The minimum absolute atomic E-state index is 0.0525. The maximum Gasteiger partial charge on any atom is 0.319 e. The summed E-state index contributed by atoms with van der Waals surface area (Å²) in [6.45, 7) is 0.891. The van der Waals surface area contributed by atoms with Crippen LogP contribution in [-0.4, -0.2) is 36.0 Å². The van der Waals surface area contributed by atoms with Crippen LogP contribution >= 0.6 is 0 Å². The van der Waals surface area contributed by atoms with E-state index in [1.165, 1.54) is 30.3 Å². The molecule has 2 N–H and O–H groups in total. The van der Waals surface area contributed by atoms with Crippen molar-refractivity contribution >= 4 is 17.6 Å². The smallest absolute Gasteiger partial charge is 0.319 e. The zero-order valence-electron chi connectivity index (χ0n) is 14.0. The number of hydrogen-bond acceptors (Lipinski definition) is 2. The fourth-order valence-electron chi connectivity index (χ4n) is 2.91. The highest BCUT2D eigenvalue weighted by atomic mass is 19.1.